The highest BCUT2D eigenvalue weighted by Gasteiger charge is 2.32. The quantitative estimate of drug-likeness (QED) is 0.763. The van der Waals surface area contributed by atoms with Gasteiger partial charge in [-0.05, 0) is 25.1 Å². The molecule has 0 spiro atoms. The Kier molecular flexibility index (Phi) is 4.36. The van der Waals surface area contributed by atoms with E-state index in [-0.39, 0.29) is 23.6 Å². The van der Waals surface area contributed by atoms with Gasteiger partial charge in [0.1, 0.15) is 0 Å². The summed E-state index contributed by atoms with van der Waals surface area (Å²) in [7, 11) is 0. The first kappa shape index (κ1) is 15.6. The van der Waals surface area contributed by atoms with Crippen LogP contribution in [0.15, 0.2) is 33.5 Å². The second-order valence-corrected chi connectivity index (χ2v) is 4.80. The topological polar surface area (TPSA) is 52.3 Å². The summed E-state index contributed by atoms with van der Waals surface area (Å²) in [5, 5.41) is 0. The van der Waals surface area contributed by atoms with Gasteiger partial charge in [-0.2, -0.15) is 13.2 Å². The van der Waals surface area contributed by atoms with Gasteiger partial charge in [-0.3, -0.25) is 0 Å². The number of oxazole rings is 1. The molecule has 0 atom stereocenters. The molecule has 1 heterocycles. The highest BCUT2D eigenvalue weighted by atomic mass is 79.9. The third kappa shape index (κ3) is 3.26. The van der Waals surface area contributed by atoms with E-state index < -0.39 is 17.7 Å². The molecule has 0 saturated heterocycles. The normalized spacial score (nSPS) is 11.5. The zero-order valence-corrected chi connectivity index (χ0v) is 12.3. The number of alkyl halides is 3. The van der Waals surface area contributed by atoms with Crippen molar-refractivity contribution in [1.29, 1.82) is 0 Å². The summed E-state index contributed by atoms with van der Waals surface area (Å²) in [6.45, 7) is 1.73. The summed E-state index contributed by atoms with van der Waals surface area (Å²) in [6, 6.07) is 3.04. The van der Waals surface area contributed by atoms with Gasteiger partial charge in [-0.1, -0.05) is 15.9 Å². The molecule has 0 saturated carbocycles. The lowest BCUT2D eigenvalue weighted by Gasteiger charge is -2.09. The minimum Gasteiger partial charge on any atom is -0.461 e. The van der Waals surface area contributed by atoms with Crippen molar-refractivity contribution in [3.05, 3.63) is 40.3 Å². The lowest BCUT2D eigenvalue weighted by molar-refractivity contribution is -0.137. The fourth-order valence-electron chi connectivity index (χ4n) is 1.66. The van der Waals surface area contributed by atoms with Gasteiger partial charge in [0.2, 0.25) is 0 Å². The van der Waals surface area contributed by atoms with E-state index >= 15 is 0 Å². The Morgan fingerprint density at radius 1 is 1.43 bits per heavy atom. The van der Waals surface area contributed by atoms with Gasteiger partial charge in [0.25, 0.3) is 0 Å². The molecule has 0 fully saturated rings. The third-order valence-electron chi connectivity index (χ3n) is 2.57. The summed E-state index contributed by atoms with van der Waals surface area (Å²) < 4.78 is 48.5. The Morgan fingerprint density at radius 2 is 2.14 bits per heavy atom. The van der Waals surface area contributed by atoms with Gasteiger partial charge in [0, 0.05) is 10.0 Å². The SMILES string of the molecule is CCOC(=O)c1ncoc1-c1cc(C(F)(F)F)ccc1Br. The molecule has 0 aliphatic heterocycles. The van der Waals surface area contributed by atoms with Crippen molar-refractivity contribution >= 4 is 21.9 Å². The molecule has 2 aromatic rings. The minimum atomic E-state index is -4.50. The van der Waals surface area contributed by atoms with Crippen LogP contribution in [0.4, 0.5) is 13.2 Å². The first-order valence-corrected chi connectivity index (χ1v) is 6.61. The Labute approximate surface area is 126 Å². The first-order chi connectivity index (χ1) is 9.84. The summed E-state index contributed by atoms with van der Waals surface area (Å²) in [5.41, 5.74) is -0.950. The Bertz CT molecular complexity index is 667. The Balaban J connectivity index is 2.52. The minimum absolute atomic E-state index is 0.0744. The fourth-order valence-corrected chi connectivity index (χ4v) is 2.08. The molecule has 0 N–H and O–H groups in total. The van der Waals surface area contributed by atoms with Crippen LogP contribution in [-0.4, -0.2) is 17.6 Å². The van der Waals surface area contributed by atoms with Gasteiger partial charge in [-0.25, -0.2) is 9.78 Å². The molecule has 1 aromatic heterocycles. The molecule has 0 amide bonds. The Hall–Kier alpha value is -1.83. The van der Waals surface area contributed by atoms with Gasteiger partial charge in [0.05, 0.1) is 12.2 Å². The summed E-state index contributed by atoms with van der Waals surface area (Å²) >= 11 is 3.13. The number of ether oxygens (including phenoxy) is 1. The van der Waals surface area contributed by atoms with Crippen LogP contribution < -0.4 is 0 Å². The lowest BCUT2D eigenvalue weighted by Crippen LogP contribution is -2.07. The van der Waals surface area contributed by atoms with Crippen molar-refractivity contribution in [2.75, 3.05) is 6.61 Å². The van der Waals surface area contributed by atoms with E-state index in [1.165, 1.54) is 6.07 Å². The van der Waals surface area contributed by atoms with Crippen molar-refractivity contribution in [2.24, 2.45) is 0 Å². The largest absolute Gasteiger partial charge is 0.461 e. The standard InChI is InChI=1S/C13H9BrF3NO3/c1-2-20-12(19)10-11(21-6-18-10)8-5-7(13(15,16)17)3-4-9(8)14/h3-6H,2H2,1H3. The number of rotatable bonds is 3. The number of hydrogen-bond donors (Lipinski definition) is 0. The average Bonchev–Trinajstić information content (AvgIpc) is 2.87. The highest BCUT2D eigenvalue weighted by molar-refractivity contribution is 9.10. The zero-order chi connectivity index (χ0) is 15.6. The molecule has 4 nitrogen and oxygen atoms in total. The van der Waals surface area contributed by atoms with Crippen LogP contribution in [0.2, 0.25) is 0 Å². The molecule has 1 aromatic carbocycles. The Morgan fingerprint density at radius 3 is 2.76 bits per heavy atom. The molecule has 2 rings (SSSR count). The van der Waals surface area contributed by atoms with Crippen molar-refractivity contribution < 1.29 is 27.1 Å². The maximum absolute atomic E-state index is 12.8. The molecular formula is C13H9BrF3NO3. The van der Waals surface area contributed by atoms with Crippen LogP contribution in [-0.2, 0) is 10.9 Å². The summed E-state index contributed by atoms with van der Waals surface area (Å²) in [6.07, 6.45) is -3.52. The van der Waals surface area contributed by atoms with Gasteiger partial charge in [0.15, 0.2) is 17.8 Å². The number of nitrogens with zero attached hydrogens (tertiary/aromatic N) is 1. The summed E-state index contributed by atoms with van der Waals surface area (Å²) in [5.74, 6) is -0.836. The molecule has 0 aliphatic carbocycles. The number of carbonyl (C=O) groups is 1. The number of carbonyl (C=O) groups excluding carboxylic acids is 1. The first-order valence-electron chi connectivity index (χ1n) is 5.82. The van der Waals surface area contributed by atoms with Crippen molar-refractivity contribution in [3.63, 3.8) is 0 Å². The number of aromatic nitrogens is 1. The van der Waals surface area contributed by atoms with E-state index in [9.17, 15) is 18.0 Å². The smallest absolute Gasteiger partial charge is 0.416 e. The average molecular weight is 364 g/mol. The van der Waals surface area contributed by atoms with Gasteiger partial charge < -0.3 is 9.15 Å². The molecule has 0 unspecified atom stereocenters. The maximum atomic E-state index is 12.8. The second-order valence-electron chi connectivity index (χ2n) is 3.94. The molecule has 0 radical (unpaired) electrons. The monoisotopic (exact) mass is 363 g/mol. The molecular weight excluding hydrogens is 355 g/mol. The molecule has 0 aliphatic rings. The molecule has 0 bridgehead atoms. The van der Waals surface area contributed by atoms with E-state index in [1.54, 1.807) is 6.92 Å². The maximum Gasteiger partial charge on any atom is 0.416 e. The van der Waals surface area contributed by atoms with E-state index in [1.807, 2.05) is 0 Å². The van der Waals surface area contributed by atoms with Crippen molar-refractivity contribution in [1.82, 2.24) is 4.98 Å². The number of benzene rings is 1. The van der Waals surface area contributed by atoms with E-state index in [0.29, 0.717) is 4.47 Å². The predicted octanol–water partition coefficient (Wildman–Crippen LogP) is 4.30. The fraction of sp³-hybridized carbons (Fsp3) is 0.231. The third-order valence-corrected chi connectivity index (χ3v) is 3.27. The van der Waals surface area contributed by atoms with Crippen LogP contribution in [0.1, 0.15) is 23.0 Å². The van der Waals surface area contributed by atoms with E-state index in [0.717, 1.165) is 18.5 Å². The number of esters is 1. The predicted molar refractivity (Wildman–Crippen MR) is 70.6 cm³/mol. The van der Waals surface area contributed by atoms with E-state index in [2.05, 4.69) is 20.9 Å². The van der Waals surface area contributed by atoms with Gasteiger partial charge >= 0.3 is 12.1 Å². The van der Waals surface area contributed by atoms with Crippen LogP contribution in [0, 0.1) is 0 Å². The lowest BCUT2D eigenvalue weighted by atomic mass is 10.1. The number of halogens is 4. The van der Waals surface area contributed by atoms with Crippen LogP contribution in [0.3, 0.4) is 0 Å². The summed E-state index contributed by atoms with van der Waals surface area (Å²) in [4.78, 5) is 15.4. The van der Waals surface area contributed by atoms with Crippen molar-refractivity contribution in [3.8, 4) is 11.3 Å². The highest BCUT2D eigenvalue weighted by Crippen LogP contribution is 2.37. The molecule has 21 heavy (non-hydrogen) atoms. The van der Waals surface area contributed by atoms with Crippen molar-refractivity contribution in [2.45, 2.75) is 13.1 Å². The van der Waals surface area contributed by atoms with Gasteiger partial charge in [-0.15, -0.1) is 0 Å². The van der Waals surface area contributed by atoms with Crippen LogP contribution >= 0.6 is 15.9 Å². The van der Waals surface area contributed by atoms with Crippen LogP contribution in [0.5, 0.6) is 0 Å². The number of hydrogen-bond acceptors (Lipinski definition) is 4. The van der Waals surface area contributed by atoms with Crippen LogP contribution in [0.25, 0.3) is 11.3 Å². The zero-order valence-electron chi connectivity index (χ0n) is 10.7. The second kappa shape index (κ2) is 5.88. The molecule has 112 valence electrons. The molecule has 8 heteroatoms. The van der Waals surface area contributed by atoms with E-state index in [4.69, 9.17) is 9.15 Å².